The molecule has 112 valence electrons. The molecule has 2 heterocycles. The summed E-state index contributed by atoms with van der Waals surface area (Å²) in [6.07, 6.45) is 0.890. The van der Waals surface area contributed by atoms with E-state index in [2.05, 4.69) is 14.9 Å². The molecule has 6 heteroatoms. The maximum Gasteiger partial charge on any atom is 0.155 e. The van der Waals surface area contributed by atoms with E-state index in [1.54, 1.807) is 4.68 Å². The lowest BCUT2D eigenvalue weighted by Gasteiger charge is -2.38. The second-order valence-electron chi connectivity index (χ2n) is 6.14. The van der Waals surface area contributed by atoms with E-state index >= 15 is 0 Å². The number of piperazine rings is 1. The number of hydrogen-bond acceptors (Lipinski definition) is 5. The van der Waals surface area contributed by atoms with Gasteiger partial charge in [-0.15, -0.1) is 0 Å². The molecule has 20 heavy (non-hydrogen) atoms. The summed E-state index contributed by atoms with van der Waals surface area (Å²) in [5.41, 5.74) is 0.791. The maximum absolute atomic E-state index is 11.2. The lowest BCUT2D eigenvalue weighted by Crippen LogP contribution is -2.51. The number of aldehydes is 1. The molecule has 0 unspecified atom stereocenters. The van der Waals surface area contributed by atoms with Crippen molar-refractivity contribution < 1.29 is 9.90 Å². The van der Waals surface area contributed by atoms with E-state index in [1.165, 1.54) is 0 Å². The third kappa shape index (κ3) is 3.19. The summed E-state index contributed by atoms with van der Waals surface area (Å²) in [7, 11) is 1.87. The standard InChI is InChI=1S/C14H24N4O2/c1-11-12(9-19)13(16(4)15-11)18-7-5-17(6-8-18)10-14(2,3)20/h9,20H,5-8,10H2,1-4H3. The van der Waals surface area contributed by atoms with Crippen molar-refractivity contribution in [2.75, 3.05) is 37.6 Å². The average Bonchev–Trinajstić information content (AvgIpc) is 2.62. The fraction of sp³-hybridized carbons (Fsp3) is 0.714. The van der Waals surface area contributed by atoms with E-state index in [-0.39, 0.29) is 0 Å². The first kappa shape index (κ1) is 15.0. The smallest absolute Gasteiger partial charge is 0.155 e. The molecule has 1 aromatic heterocycles. The Labute approximate surface area is 120 Å². The number of nitrogens with zero attached hydrogens (tertiary/aromatic N) is 4. The quantitative estimate of drug-likeness (QED) is 0.811. The zero-order valence-corrected chi connectivity index (χ0v) is 12.8. The normalized spacial score (nSPS) is 17.6. The van der Waals surface area contributed by atoms with Crippen LogP contribution in [0.1, 0.15) is 29.9 Å². The van der Waals surface area contributed by atoms with Gasteiger partial charge in [-0.2, -0.15) is 5.10 Å². The first-order valence-electron chi connectivity index (χ1n) is 7.00. The van der Waals surface area contributed by atoms with Crippen molar-refractivity contribution in [2.24, 2.45) is 7.05 Å². The minimum atomic E-state index is -0.667. The van der Waals surface area contributed by atoms with Crippen molar-refractivity contribution >= 4 is 12.1 Å². The molecular formula is C14H24N4O2. The van der Waals surface area contributed by atoms with Crippen LogP contribution in [0.3, 0.4) is 0 Å². The molecule has 0 aliphatic carbocycles. The minimum absolute atomic E-state index is 0.667. The number of β-amino-alcohol motifs (C(OH)–C–C–N with tert-alkyl or cyclic N) is 1. The second-order valence-corrected chi connectivity index (χ2v) is 6.14. The fourth-order valence-electron chi connectivity index (χ4n) is 2.84. The first-order valence-corrected chi connectivity index (χ1v) is 7.00. The minimum Gasteiger partial charge on any atom is -0.389 e. The molecule has 0 saturated carbocycles. The molecule has 0 atom stereocenters. The second kappa shape index (κ2) is 5.54. The molecular weight excluding hydrogens is 256 g/mol. The monoisotopic (exact) mass is 280 g/mol. The van der Waals surface area contributed by atoms with Crippen LogP contribution in [0, 0.1) is 6.92 Å². The van der Waals surface area contributed by atoms with Crippen molar-refractivity contribution in [3.05, 3.63) is 11.3 Å². The molecule has 1 aromatic rings. The van der Waals surface area contributed by atoms with Crippen molar-refractivity contribution in [2.45, 2.75) is 26.4 Å². The van der Waals surface area contributed by atoms with Crippen molar-refractivity contribution in [3.63, 3.8) is 0 Å². The van der Waals surface area contributed by atoms with E-state index in [0.29, 0.717) is 12.1 Å². The van der Waals surface area contributed by atoms with E-state index in [1.807, 2.05) is 27.8 Å². The highest BCUT2D eigenvalue weighted by atomic mass is 16.3. The van der Waals surface area contributed by atoms with E-state index in [4.69, 9.17) is 0 Å². The van der Waals surface area contributed by atoms with Gasteiger partial charge >= 0.3 is 0 Å². The largest absolute Gasteiger partial charge is 0.389 e. The Morgan fingerprint density at radius 2 is 1.90 bits per heavy atom. The van der Waals surface area contributed by atoms with Gasteiger partial charge in [0.1, 0.15) is 5.82 Å². The highest BCUT2D eigenvalue weighted by molar-refractivity contribution is 5.84. The number of carbonyl (C=O) groups is 1. The Hall–Kier alpha value is -1.40. The number of anilines is 1. The Balaban J connectivity index is 2.06. The van der Waals surface area contributed by atoms with Crippen LogP contribution in [0.15, 0.2) is 0 Å². The van der Waals surface area contributed by atoms with E-state index in [9.17, 15) is 9.90 Å². The van der Waals surface area contributed by atoms with Gasteiger partial charge in [-0.1, -0.05) is 0 Å². The molecule has 0 aromatic carbocycles. The van der Waals surface area contributed by atoms with Gasteiger partial charge in [0.05, 0.1) is 16.9 Å². The molecule has 0 bridgehead atoms. The summed E-state index contributed by atoms with van der Waals surface area (Å²) in [5.74, 6) is 0.903. The van der Waals surface area contributed by atoms with Crippen LogP contribution < -0.4 is 4.90 Å². The predicted octanol–water partition coefficient (Wildman–Crippen LogP) is 0.434. The van der Waals surface area contributed by atoms with Crippen LogP contribution in [0.25, 0.3) is 0 Å². The third-order valence-electron chi connectivity index (χ3n) is 3.64. The van der Waals surface area contributed by atoms with Gasteiger partial charge in [-0.05, 0) is 20.8 Å². The molecule has 1 saturated heterocycles. The lowest BCUT2D eigenvalue weighted by atomic mass is 10.1. The van der Waals surface area contributed by atoms with Crippen LogP contribution in [0.2, 0.25) is 0 Å². The summed E-state index contributed by atoms with van der Waals surface area (Å²) in [6.45, 7) is 9.64. The fourth-order valence-corrected chi connectivity index (χ4v) is 2.84. The van der Waals surface area contributed by atoms with Crippen molar-refractivity contribution in [3.8, 4) is 0 Å². The van der Waals surface area contributed by atoms with Crippen LogP contribution in [0.5, 0.6) is 0 Å². The zero-order chi connectivity index (χ0) is 14.9. The van der Waals surface area contributed by atoms with Gasteiger partial charge < -0.3 is 10.0 Å². The molecule has 0 radical (unpaired) electrons. The number of rotatable bonds is 4. The number of aromatic nitrogens is 2. The summed E-state index contributed by atoms with van der Waals surface area (Å²) in [5, 5.41) is 14.2. The molecule has 2 rings (SSSR count). The van der Waals surface area contributed by atoms with Gasteiger partial charge in [-0.3, -0.25) is 14.4 Å². The number of carbonyl (C=O) groups excluding carboxylic acids is 1. The van der Waals surface area contributed by atoms with Crippen LogP contribution >= 0.6 is 0 Å². The molecule has 1 aliphatic heterocycles. The summed E-state index contributed by atoms with van der Waals surface area (Å²) in [4.78, 5) is 15.7. The lowest BCUT2D eigenvalue weighted by molar-refractivity contribution is 0.0344. The zero-order valence-electron chi connectivity index (χ0n) is 12.8. The topological polar surface area (TPSA) is 61.6 Å². The average molecular weight is 280 g/mol. The molecule has 0 amide bonds. The van der Waals surface area contributed by atoms with Gasteiger partial charge in [0.2, 0.25) is 0 Å². The predicted molar refractivity (Wildman–Crippen MR) is 78.3 cm³/mol. The summed E-state index contributed by atoms with van der Waals surface area (Å²) < 4.78 is 1.78. The van der Waals surface area contributed by atoms with E-state index < -0.39 is 5.60 Å². The van der Waals surface area contributed by atoms with Gasteiger partial charge in [0, 0.05) is 39.8 Å². The van der Waals surface area contributed by atoms with Crippen molar-refractivity contribution in [1.29, 1.82) is 0 Å². The Bertz CT molecular complexity index is 482. The molecule has 0 spiro atoms. The Morgan fingerprint density at radius 3 is 2.40 bits per heavy atom. The number of aryl methyl sites for hydroxylation is 2. The van der Waals surface area contributed by atoms with Crippen molar-refractivity contribution in [1.82, 2.24) is 14.7 Å². The molecule has 6 nitrogen and oxygen atoms in total. The highest BCUT2D eigenvalue weighted by Gasteiger charge is 2.26. The van der Waals surface area contributed by atoms with Gasteiger partial charge in [0.25, 0.3) is 0 Å². The summed E-state index contributed by atoms with van der Waals surface area (Å²) >= 11 is 0. The van der Waals surface area contributed by atoms with Crippen LogP contribution in [-0.2, 0) is 7.05 Å². The molecule has 1 aliphatic rings. The highest BCUT2D eigenvalue weighted by Crippen LogP contribution is 2.23. The Morgan fingerprint density at radius 1 is 1.30 bits per heavy atom. The first-order chi connectivity index (χ1) is 9.31. The molecule has 1 N–H and O–H groups in total. The third-order valence-corrected chi connectivity index (χ3v) is 3.64. The van der Waals surface area contributed by atoms with E-state index in [0.717, 1.165) is 44.0 Å². The van der Waals surface area contributed by atoms with Gasteiger partial charge in [-0.25, -0.2) is 0 Å². The SMILES string of the molecule is Cc1nn(C)c(N2CCN(CC(C)(C)O)CC2)c1C=O. The Kier molecular flexibility index (Phi) is 4.15. The molecule has 1 fully saturated rings. The summed E-state index contributed by atoms with van der Waals surface area (Å²) in [6, 6.07) is 0. The maximum atomic E-state index is 11.2. The van der Waals surface area contributed by atoms with Gasteiger partial charge in [0.15, 0.2) is 6.29 Å². The number of aliphatic hydroxyl groups is 1. The van der Waals surface area contributed by atoms with Crippen LogP contribution in [-0.4, -0.2) is 64.4 Å². The number of hydrogen-bond donors (Lipinski definition) is 1. The van der Waals surface area contributed by atoms with Crippen LogP contribution in [0.4, 0.5) is 5.82 Å².